The summed E-state index contributed by atoms with van der Waals surface area (Å²) < 4.78 is 5.17. The van der Waals surface area contributed by atoms with Gasteiger partial charge in [-0.2, -0.15) is 0 Å². The van der Waals surface area contributed by atoms with E-state index in [1.54, 1.807) is 18.4 Å². The van der Waals surface area contributed by atoms with Gasteiger partial charge in [-0.05, 0) is 30.9 Å². The van der Waals surface area contributed by atoms with Crippen LogP contribution >= 0.6 is 11.3 Å². The number of nitrogens with zero attached hydrogens (tertiary/aromatic N) is 1. The number of nitrogens with one attached hydrogen (secondary N) is 1. The SMILES string of the molecule is COCCC(C)(C)CN1C(=O)CNC1c1ccc(C)s1. The molecule has 1 aromatic rings. The maximum atomic E-state index is 12.2. The van der Waals surface area contributed by atoms with Crippen molar-refractivity contribution in [2.24, 2.45) is 5.41 Å². The molecule has 1 aliphatic rings. The fourth-order valence-corrected chi connectivity index (χ4v) is 3.46. The Labute approximate surface area is 125 Å². The molecule has 0 bridgehead atoms. The largest absolute Gasteiger partial charge is 0.385 e. The summed E-state index contributed by atoms with van der Waals surface area (Å²) in [5.41, 5.74) is 0.0578. The highest BCUT2D eigenvalue weighted by Gasteiger charge is 2.35. The van der Waals surface area contributed by atoms with Gasteiger partial charge in [0.1, 0.15) is 6.17 Å². The van der Waals surface area contributed by atoms with E-state index in [1.807, 2.05) is 4.90 Å². The molecule has 0 radical (unpaired) electrons. The first kappa shape index (κ1) is 15.5. The molecule has 2 rings (SSSR count). The van der Waals surface area contributed by atoms with Crippen molar-refractivity contribution in [3.05, 3.63) is 21.9 Å². The van der Waals surface area contributed by atoms with Gasteiger partial charge in [0.05, 0.1) is 6.54 Å². The quantitative estimate of drug-likeness (QED) is 0.877. The molecule has 1 unspecified atom stereocenters. The Hall–Kier alpha value is -0.910. The van der Waals surface area contributed by atoms with Crippen LogP contribution in [0.2, 0.25) is 0 Å². The van der Waals surface area contributed by atoms with E-state index in [0.717, 1.165) is 19.6 Å². The van der Waals surface area contributed by atoms with Gasteiger partial charge in [-0.1, -0.05) is 13.8 Å². The summed E-state index contributed by atoms with van der Waals surface area (Å²) in [6, 6.07) is 4.23. The smallest absolute Gasteiger partial charge is 0.238 e. The molecule has 0 saturated carbocycles. The minimum atomic E-state index is 0.0306. The van der Waals surface area contributed by atoms with Gasteiger partial charge in [0.2, 0.25) is 5.91 Å². The Morgan fingerprint density at radius 2 is 2.25 bits per heavy atom. The average molecular weight is 296 g/mol. The molecule has 0 spiro atoms. The number of hydrogen-bond acceptors (Lipinski definition) is 4. The second kappa shape index (κ2) is 6.24. The fraction of sp³-hybridized carbons (Fsp3) is 0.667. The topological polar surface area (TPSA) is 41.6 Å². The lowest BCUT2D eigenvalue weighted by molar-refractivity contribution is -0.129. The van der Waals surface area contributed by atoms with Crippen molar-refractivity contribution in [3.63, 3.8) is 0 Å². The van der Waals surface area contributed by atoms with E-state index in [1.165, 1.54) is 9.75 Å². The van der Waals surface area contributed by atoms with E-state index < -0.39 is 0 Å². The van der Waals surface area contributed by atoms with Gasteiger partial charge in [-0.25, -0.2) is 0 Å². The van der Waals surface area contributed by atoms with Crippen molar-refractivity contribution >= 4 is 17.2 Å². The molecular formula is C15H24N2O2S. The predicted octanol–water partition coefficient (Wildman–Crippen LogP) is 2.55. The molecule has 4 nitrogen and oxygen atoms in total. The highest BCUT2D eigenvalue weighted by Crippen LogP contribution is 2.32. The van der Waals surface area contributed by atoms with Crippen molar-refractivity contribution in [1.29, 1.82) is 0 Å². The van der Waals surface area contributed by atoms with E-state index in [9.17, 15) is 4.79 Å². The molecule has 1 saturated heterocycles. The van der Waals surface area contributed by atoms with Gasteiger partial charge < -0.3 is 9.64 Å². The van der Waals surface area contributed by atoms with Crippen molar-refractivity contribution < 1.29 is 9.53 Å². The van der Waals surface area contributed by atoms with Crippen LogP contribution in [0.15, 0.2) is 12.1 Å². The minimum absolute atomic E-state index is 0.0306. The van der Waals surface area contributed by atoms with Crippen molar-refractivity contribution in [2.75, 3.05) is 26.8 Å². The number of thiophene rings is 1. The lowest BCUT2D eigenvalue weighted by Gasteiger charge is -2.33. The molecule has 2 heterocycles. The number of rotatable bonds is 6. The summed E-state index contributed by atoms with van der Waals surface area (Å²) in [6.45, 7) is 8.39. The van der Waals surface area contributed by atoms with Crippen LogP contribution in [0.4, 0.5) is 0 Å². The highest BCUT2D eigenvalue weighted by molar-refractivity contribution is 7.12. The van der Waals surface area contributed by atoms with E-state index in [2.05, 4.69) is 38.2 Å². The zero-order valence-corrected chi connectivity index (χ0v) is 13.5. The molecule has 0 aliphatic carbocycles. The van der Waals surface area contributed by atoms with Gasteiger partial charge in [0, 0.05) is 30.0 Å². The predicted molar refractivity (Wildman–Crippen MR) is 81.8 cm³/mol. The summed E-state index contributed by atoms with van der Waals surface area (Å²) in [5, 5.41) is 3.32. The third-order valence-corrected chi connectivity index (χ3v) is 4.74. The first-order chi connectivity index (χ1) is 9.43. The Morgan fingerprint density at radius 1 is 1.50 bits per heavy atom. The van der Waals surface area contributed by atoms with E-state index in [-0.39, 0.29) is 17.5 Å². The minimum Gasteiger partial charge on any atom is -0.385 e. The number of methoxy groups -OCH3 is 1. The molecule has 1 atom stereocenters. The average Bonchev–Trinajstić information content (AvgIpc) is 2.95. The molecule has 112 valence electrons. The van der Waals surface area contributed by atoms with E-state index >= 15 is 0 Å². The van der Waals surface area contributed by atoms with Gasteiger partial charge >= 0.3 is 0 Å². The van der Waals surface area contributed by atoms with Gasteiger partial charge in [0.15, 0.2) is 0 Å². The van der Waals surface area contributed by atoms with Gasteiger partial charge in [0.25, 0.3) is 0 Å². The molecule has 5 heteroatoms. The molecule has 1 N–H and O–H groups in total. The second-order valence-electron chi connectivity index (χ2n) is 6.16. The van der Waals surface area contributed by atoms with Crippen LogP contribution in [0.3, 0.4) is 0 Å². The Morgan fingerprint density at radius 3 is 2.85 bits per heavy atom. The number of ether oxygens (including phenoxy) is 1. The lowest BCUT2D eigenvalue weighted by atomic mass is 9.89. The van der Waals surface area contributed by atoms with Crippen LogP contribution < -0.4 is 5.32 Å². The first-order valence-electron chi connectivity index (χ1n) is 7.01. The van der Waals surface area contributed by atoms with E-state index in [4.69, 9.17) is 4.74 Å². The lowest BCUT2D eigenvalue weighted by Crippen LogP contribution is -2.38. The van der Waals surface area contributed by atoms with Gasteiger partial charge in [-0.3, -0.25) is 10.1 Å². The zero-order valence-electron chi connectivity index (χ0n) is 12.7. The number of hydrogen-bond donors (Lipinski definition) is 1. The van der Waals surface area contributed by atoms with Crippen molar-refractivity contribution in [2.45, 2.75) is 33.4 Å². The van der Waals surface area contributed by atoms with Crippen LogP contribution in [0.1, 0.15) is 36.2 Å². The first-order valence-corrected chi connectivity index (χ1v) is 7.83. The summed E-state index contributed by atoms with van der Waals surface area (Å²) in [7, 11) is 1.72. The maximum absolute atomic E-state index is 12.2. The molecule has 0 aromatic carbocycles. The fourth-order valence-electron chi connectivity index (χ4n) is 2.49. The van der Waals surface area contributed by atoms with Crippen molar-refractivity contribution in [3.8, 4) is 0 Å². The number of amides is 1. The van der Waals surface area contributed by atoms with Crippen LogP contribution in [-0.2, 0) is 9.53 Å². The molecule has 1 fully saturated rings. The van der Waals surface area contributed by atoms with Crippen LogP contribution in [-0.4, -0.2) is 37.6 Å². The third kappa shape index (κ3) is 3.59. The zero-order chi connectivity index (χ0) is 14.8. The normalized spacial score (nSPS) is 19.9. The monoisotopic (exact) mass is 296 g/mol. The van der Waals surface area contributed by atoms with Gasteiger partial charge in [-0.15, -0.1) is 11.3 Å². The maximum Gasteiger partial charge on any atom is 0.238 e. The summed E-state index contributed by atoms with van der Waals surface area (Å²) >= 11 is 1.75. The molecule has 20 heavy (non-hydrogen) atoms. The Bertz CT molecular complexity index is 470. The molecule has 1 aliphatic heterocycles. The summed E-state index contributed by atoms with van der Waals surface area (Å²) in [4.78, 5) is 16.6. The third-order valence-electron chi connectivity index (χ3n) is 3.69. The number of carbonyl (C=O) groups excluding carboxylic acids is 1. The Balaban J connectivity index is 2.09. The molecule has 1 amide bonds. The number of aryl methyl sites for hydroxylation is 1. The molecular weight excluding hydrogens is 272 g/mol. The van der Waals surface area contributed by atoms with Crippen LogP contribution in [0.25, 0.3) is 0 Å². The van der Waals surface area contributed by atoms with Crippen LogP contribution in [0.5, 0.6) is 0 Å². The molecule has 1 aromatic heterocycles. The van der Waals surface area contributed by atoms with Crippen LogP contribution in [0, 0.1) is 12.3 Å². The summed E-state index contributed by atoms with van der Waals surface area (Å²) in [5.74, 6) is 0.187. The highest BCUT2D eigenvalue weighted by atomic mass is 32.1. The second-order valence-corrected chi connectivity index (χ2v) is 7.48. The standard InChI is InChI=1S/C15H24N2O2S/c1-11-5-6-12(20-11)14-16-9-13(18)17(14)10-15(2,3)7-8-19-4/h5-6,14,16H,7-10H2,1-4H3. The summed E-state index contributed by atoms with van der Waals surface area (Å²) in [6.07, 6.45) is 0.978. The van der Waals surface area contributed by atoms with Crippen molar-refractivity contribution in [1.82, 2.24) is 10.2 Å². The Kier molecular flexibility index (Phi) is 4.83. The number of carbonyl (C=O) groups is 1. The van der Waals surface area contributed by atoms with E-state index in [0.29, 0.717) is 6.54 Å².